The maximum Gasteiger partial charge on any atom is 0.228 e. The highest BCUT2D eigenvalue weighted by molar-refractivity contribution is 5.80. The molecule has 0 unspecified atom stereocenters. The normalized spacial score (nSPS) is 29.5. The van der Waals surface area contributed by atoms with Crippen LogP contribution in [0.2, 0.25) is 0 Å². The van der Waals surface area contributed by atoms with E-state index in [1.807, 2.05) is 42.2 Å². The molecule has 0 aromatic heterocycles. The summed E-state index contributed by atoms with van der Waals surface area (Å²) in [6.07, 6.45) is 0.171. The molecule has 1 aromatic carbocycles. The molecule has 0 aliphatic carbocycles. The van der Waals surface area contributed by atoms with Crippen molar-refractivity contribution in [2.24, 2.45) is 5.92 Å². The number of hydrogen-bond donors (Lipinski definition) is 1. The minimum Gasteiger partial charge on any atom is -0.392 e. The molecule has 3 heteroatoms. The van der Waals surface area contributed by atoms with E-state index in [-0.39, 0.29) is 17.9 Å². The molecular formula is C14H19NO2. The van der Waals surface area contributed by atoms with Gasteiger partial charge in [-0.15, -0.1) is 0 Å². The molecule has 1 amide bonds. The summed E-state index contributed by atoms with van der Waals surface area (Å²) >= 11 is 0. The molecule has 1 fully saturated rings. The van der Waals surface area contributed by atoms with Crippen molar-refractivity contribution in [1.29, 1.82) is 0 Å². The number of carbonyl (C=O) groups excluding carboxylic acids is 1. The molecule has 92 valence electrons. The van der Waals surface area contributed by atoms with Crippen LogP contribution in [0.25, 0.3) is 0 Å². The zero-order valence-corrected chi connectivity index (χ0v) is 10.3. The number of nitrogens with zero attached hydrogens (tertiary/aromatic N) is 1. The first-order valence-electron chi connectivity index (χ1n) is 6.12. The van der Waals surface area contributed by atoms with Crippen molar-refractivity contribution in [2.75, 3.05) is 0 Å². The minimum absolute atomic E-state index is 0.0557. The van der Waals surface area contributed by atoms with Crippen LogP contribution in [0.3, 0.4) is 0 Å². The summed E-state index contributed by atoms with van der Waals surface area (Å²) in [5, 5.41) is 9.75. The van der Waals surface area contributed by atoms with E-state index in [0.717, 1.165) is 5.56 Å². The van der Waals surface area contributed by atoms with Crippen molar-refractivity contribution in [3.8, 4) is 0 Å². The molecule has 1 aromatic rings. The number of aliphatic hydroxyl groups excluding tert-OH is 1. The average molecular weight is 233 g/mol. The van der Waals surface area contributed by atoms with Crippen LogP contribution < -0.4 is 0 Å². The highest BCUT2D eigenvalue weighted by Gasteiger charge is 2.36. The minimum atomic E-state index is -0.496. The van der Waals surface area contributed by atoms with Gasteiger partial charge >= 0.3 is 0 Å². The predicted molar refractivity (Wildman–Crippen MR) is 66.2 cm³/mol. The third-order valence-corrected chi connectivity index (χ3v) is 3.56. The number of hydrogen-bond acceptors (Lipinski definition) is 2. The zero-order chi connectivity index (χ0) is 12.4. The lowest BCUT2D eigenvalue weighted by Gasteiger charge is -2.39. The van der Waals surface area contributed by atoms with E-state index in [0.29, 0.717) is 13.0 Å². The fourth-order valence-corrected chi connectivity index (χ4v) is 2.34. The molecule has 0 saturated carbocycles. The molecule has 0 radical (unpaired) electrons. The third kappa shape index (κ3) is 2.50. The van der Waals surface area contributed by atoms with E-state index >= 15 is 0 Å². The lowest BCUT2D eigenvalue weighted by Crippen LogP contribution is -2.51. The fourth-order valence-electron chi connectivity index (χ4n) is 2.34. The third-order valence-electron chi connectivity index (χ3n) is 3.56. The standard InChI is InChI=1S/C14H19NO2/c1-10-8-13(16)11(2)14(17)15(10)9-12-6-4-3-5-7-12/h3-7,10-11,13,16H,8-9H2,1-2H3/t10-,11+,13-/m0/s1. The van der Waals surface area contributed by atoms with Gasteiger partial charge in [0.1, 0.15) is 0 Å². The van der Waals surface area contributed by atoms with Gasteiger partial charge in [-0.3, -0.25) is 4.79 Å². The number of benzene rings is 1. The number of aliphatic hydroxyl groups is 1. The van der Waals surface area contributed by atoms with Gasteiger partial charge in [0.05, 0.1) is 12.0 Å². The Balaban J connectivity index is 2.12. The molecule has 0 bridgehead atoms. The summed E-state index contributed by atoms with van der Waals surface area (Å²) < 4.78 is 0. The molecule has 3 atom stereocenters. The lowest BCUT2D eigenvalue weighted by atomic mass is 9.90. The Kier molecular flexibility index (Phi) is 3.48. The number of amides is 1. The summed E-state index contributed by atoms with van der Waals surface area (Å²) in [5.74, 6) is -0.227. The van der Waals surface area contributed by atoms with E-state index in [1.54, 1.807) is 6.92 Å². The van der Waals surface area contributed by atoms with Gasteiger partial charge in [-0.25, -0.2) is 0 Å². The van der Waals surface area contributed by atoms with E-state index in [9.17, 15) is 9.90 Å². The van der Waals surface area contributed by atoms with Gasteiger partial charge in [-0.2, -0.15) is 0 Å². The number of carbonyl (C=O) groups is 1. The van der Waals surface area contributed by atoms with E-state index in [1.165, 1.54) is 0 Å². The average Bonchev–Trinajstić information content (AvgIpc) is 2.33. The Morgan fingerprint density at radius 1 is 1.29 bits per heavy atom. The molecule has 1 aliphatic rings. The second-order valence-electron chi connectivity index (χ2n) is 4.89. The van der Waals surface area contributed by atoms with Crippen LogP contribution >= 0.6 is 0 Å². The van der Waals surface area contributed by atoms with E-state index in [2.05, 4.69) is 0 Å². The van der Waals surface area contributed by atoms with Crippen LogP contribution in [0.5, 0.6) is 0 Å². The monoisotopic (exact) mass is 233 g/mol. The van der Waals surface area contributed by atoms with Crippen LogP contribution in [0.1, 0.15) is 25.8 Å². The van der Waals surface area contributed by atoms with E-state index in [4.69, 9.17) is 0 Å². The first kappa shape index (κ1) is 12.1. The van der Waals surface area contributed by atoms with Crippen LogP contribution in [-0.2, 0) is 11.3 Å². The van der Waals surface area contributed by atoms with Gasteiger partial charge in [0, 0.05) is 12.6 Å². The Morgan fingerprint density at radius 2 is 1.94 bits per heavy atom. The predicted octanol–water partition coefficient (Wildman–Crippen LogP) is 1.80. The lowest BCUT2D eigenvalue weighted by molar-refractivity contribution is -0.148. The quantitative estimate of drug-likeness (QED) is 0.846. The van der Waals surface area contributed by atoms with Crippen molar-refractivity contribution in [3.05, 3.63) is 35.9 Å². The Hall–Kier alpha value is -1.35. The molecule has 3 nitrogen and oxygen atoms in total. The molecule has 1 N–H and O–H groups in total. The molecule has 0 spiro atoms. The second-order valence-corrected chi connectivity index (χ2v) is 4.89. The summed E-state index contributed by atoms with van der Waals surface area (Å²) in [6, 6.07) is 10.1. The van der Waals surface area contributed by atoms with Gasteiger partial charge in [0.15, 0.2) is 0 Å². The first-order chi connectivity index (χ1) is 8.09. The van der Waals surface area contributed by atoms with Crippen molar-refractivity contribution >= 4 is 5.91 Å². The largest absolute Gasteiger partial charge is 0.392 e. The van der Waals surface area contributed by atoms with Crippen molar-refractivity contribution in [1.82, 2.24) is 4.90 Å². The SMILES string of the molecule is C[C@H]1C(=O)N(Cc2ccccc2)[C@@H](C)C[C@@H]1O. The van der Waals surface area contributed by atoms with Crippen molar-refractivity contribution in [3.63, 3.8) is 0 Å². The van der Waals surface area contributed by atoms with Gasteiger partial charge < -0.3 is 10.0 Å². The molecule has 1 heterocycles. The Bertz CT molecular complexity index is 390. The number of piperidine rings is 1. The highest BCUT2D eigenvalue weighted by Crippen LogP contribution is 2.25. The molecule has 1 aliphatic heterocycles. The first-order valence-corrected chi connectivity index (χ1v) is 6.12. The topological polar surface area (TPSA) is 40.5 Å². The summed E-state index contributed by atoms with van der Waals surface area (Å²) in [7, 11) is 0. The van der Waals surface area contributed by atoms with Gasteiger partial charge in [-0.1, -0.05) is 37.3 Å². The number of likely N-dealkylation sites (tertiary alicyclic amines) is 1. The summed E-state index contributed by atoms with van der Waals surface area (Å²) in [6.45, 7) is 4.44. The summed E-state index contributed by atoms with van der Waals surface area (Å²) in [5.41, 5.74) is 1.14. The van der Waals surface area contributed by atoms with Crippen LogP contribution in [-0.4, -0.2) is 28.1 Å². The smallest absolute Gasteiger partial charge is 0.228 e. The van der Waals surface area contributed by atoms with Crippen LogP contribution in [0.4, 0.5) is 0 Å². The highest BCUT2D eigenvalue weighted by atomic mass is 16.3. The van der Waals surface area contributed by atoms with Crippen LogP contribution in [0.15, 0.2) is 30.3 Å². The van der Waals surface area contributed by atoms with Crippen LogP contribution in [0, 0.1) is 5.92 Å². The molecule has 2 rings (SSSR count). The second kappa shape index (κ2) is 4.88. The molecular weight excluding hydrogens is 214 g/mol. The maximum absolute atomic E-state index is 12.1. The molecule has 1 saturated heterocycles. The molecule has 17 heavy (non-hydrogen) atoms. The Morgan fingerprint density at radius 3 is 2.59 bits per heavy atom. The van der Waals surface area contributed by atoms with Gasteiger partial charge in [0.25, 0.3) is 0 Å². The Labute approximate surface area is 102 Å². The van der Waals surface area contributed by atoms with Gasteiger partial charge in [-0.05, 0) is 18.9 Å². The maximum atomic E-state index is 12.1. The fraction of sp³-hybridized carbons (Fsp3) is 0.500. The van der Waals surface area contributed by atoms with E-state index < -0.39 is 6.10 Å². The number of rotatable bonds is 2. The zero-order valence-electron chi connectivity index (χ0n) is 10.3. The van der Waals surface area contributed by atoms with Crippen molar-refractivity contribution < 1.29 is 9.90 Å². The van der Waals surface area contributed by atoms with Crippen molar-refractivity contribution in [2.45, 2.75) is 39.0 Å². The summed E-state index contributed by atoms with van der Waals surface area (Å²) in [4.78, 5) is 14.0. The van der Waals surface area contributed by atoms with Gasteiger partial charge in [0.2, 0.25) is 5.91 Å².